The molecule has 1 aliphatic heterocycles. The van der Waals surface area contributed by atoms with Crippen molar-refractivity contribution in [3.8, 4) is 0 Å². The number of benzene rings is 1. The lowest BCUT2D eigenvalue weighted by Crippen LogP contribution is -2.40. The molecule has 6 nitrogen and oxygen atoms in total. The van der Waals surface area contributed by atoms with Crippen molar-refractivity contribution in [2.24, 2.45) is 16.8 Å². The van der Waals surface area contributed by atoms with E-state index >= 15 is 0 Å². The van der Waals surface area contributed by atoms with E-state index in [9.17, 15) is 9.59 Å². The Labute approximate surface area is 142 Å². The summed E-state index contributed by atoms with van der Waals surface area (Å²) < 4.78 is 0. The Morgan fingerprint density at radius 2 is 2.00 bits per heavy atom. The third-order valence-corrected chi connectivity index (χ3v) is 3.95. The molecule has 0 aliphatic carbocycles. The van der Waals surface area contributed by atoms with E-state index in [1.54, 1.807) is 0 Å². The van der Waals surface area contributed by atoms with E-state index in [4.69, 9.17) is 5.73 Å². The second-order valence-electron chi connectivity index (χ2n) is 5.57. The summed E-state index contributed by atoms with van der Waals surface area (Å²) in [6.45, 7) is 3.97. The van der Waals surface area contributed by atoms with Crippen molar-refractivity contribution >= 4 is 35.6 Å². The Morgan fingerprint density at radius 1 is 1.35 bits per heavy atom. The van der Waals surface area contributed by atoms with Crippen LogP contribution in [0.4, 0.5) is 5.69 Å². The fourth-order valence-corrected chi connectivity index (χ4v) is 2.17. The number of hydrogen-bond acceptors (Lipinski definition) is 4. The number of hydrogen-bond donors (Lipinski definition) is 3. The molecule has 2 rings (SSSR count). The molecule has 0 saturated heterocycles. The van der Waals surface area contributed by atoms with Crippen molar-refractivity contribution in [1.29, 1.82) is 0 Å². The van der Waals surface area contributed by atoms with Gasteiger partial charge in [0.05, 0.1) is 11.8 Å². The lowest BCUT2D eigenvalue weighted by molar-refractivity contribution is -0.121. The molecule has 1 aromatic carbocycles. The Balaban J connectivity index is 0.00000264. The summed E-state index contributed by atoms with van der Waals surface area (Å²) in [6.07, 6.45) is 1.93. The van der Waals surface area contributed by atoms with Gasteiger partial charge in [0, 0.05) is 18.5 Å². The van der Waals surface area contributed by atoms with Crippen molar-refractivity contribution in [2.45, 2.75) is 39.2 Å². The number of rotatable bonds is 5. The average Bonchev–Trinajstić information content (AvgIpc) is 2.55. The van der Waals surface area contributed by atoms with Gasteiger partial charge in [0.15, 0.2) is 0 Å². The minimum atomic E-state index is -0.511. The topological polar surface area (TPSA) is 96.6 Å². The third kappa shape index (κ3) is 5.04. The fourth-order valence-electron chi connectivity index (χ4n) is 2.17. The molecule has 2 atom stereocenters. The van der Waals surface area contributed by atoms with Gasteiger partial charge in [-0.2, -0.15) is 5.10 Å². The fraction of sp³-hybridized carbons (Fsp3) is 0.438. The first-order valence-electron chi connectivity index (χ1n) is 7.53. The van der Waals surface area contributed by atoms with Crippen LogP contribution >= 0.6 is 12.4 Å². The number of carbonyl (C=O) groups excluding carboxylic acids is 2. The van der Waals surface area contributed by atoms with Crippen LogP contribution in [-0.2, 0) is 9.59 Å². The summed E-state index contributed by atoms with van der Waals surface area (Å²) in [5, 5.41) is 6.86. The molecule has 1 aliphatic rings. The number of hydrazone groups is 1. The first kappa shape index (κ1) is 19.1. The Hall–Kier alpha value is -1.92. The maximum atomic E-state index is 12.0. The van der Waals surface area contributed by atoms with E-state index in [1.807, 2.05) is 38.1 Å². The second kappa shape index (κ2) is 8.64. The zero-order valence-electron chi connectivity index (χ0n) is 13.3. The van der Waals surface area contributed by atoms with Gasteiger partial charge >= 0.3 is 0 Å². The molecule has 4 N–H and O–H groups in total. The lowest BCUT2D eigenvalue weighted by atomic mass is 9.99. The van der Waals surface area contributed by atoms with E-state index in [0.29, 0.717) is 18.5 Å². The van der Waals surface area contributed by atoms with E-state index in [1.165, 1.54) is 0 Å². The van der Waals surface area contributed by atoms with E-state index in [0.717, 1.165) is 17.7 Å². The van der Waals surface area contributed by atoms with Gasteiger partial charge in [-0.15, -0.1) is 12.4 Å². The highest BCUT2D eigenvalue weighted by Gasteiger charge is 2.19. The molecule has 0 spiro atoms. The van der Waals surface area contributed by atoms with Crippen LogP contribution in [0.15, 0.2) is 29.4 Å². The van der Waals surface area contributed by atoms with Gasteiger partial charge in [0.1, 0.15) is 0 Å². The Morgan fingerprint density at radius 3 is 2.52 bits per heavy atom. The average molecular weight is 339 g/mol. The smallest absolute Gasteiger partial charge is 0.241 e. The van der Waals surface area contributed by atoms with Crippen LogP contribution in [0, 0.1) is 5.92 Å². The first-order valence-corrected chi connectivity index (χ1v) is 7.53. The normalized spacial score (nSPS) is 16.5. The maximum absolute atomic E-state index is 12.0. The number of halogens is 1. The van der Waals surface area contributed by atoms with E-state index in [2.05, 4.69) is 15.8 Å². The van der Waals surface area contributed by atoms with Crippen LogP contribution in [-0.4, -0.2) is 23.6 Å². The minimum absolute atomic E-state index is 0. The highest BCUT2D eigenvalue weighted by molar-refractivity contribution is 6.04. The van der Waals surface area contributed by atoms with E-state index in [-0.39, 0.29) is 30.1 Å². The molecular formula is C16H23ClN4O2. The molecule has 126 valence electrons. The largest absolute Gasteiger partial charge is 0.325 e. The van der Waals surface area contributed by atoms with Crippen LogP contribution in [0.2, 0.25) is 0 Å². The first-order chi connectivity index (χ1) is 10.5. The van der Waals surface area contributed by atoms with Gasteiger partial charge in [-0.3, -0.25) is 9.59 Å². The Bertz CT molecular complexity index is 586. The monoisotopic (exact) mass is 338 g/mol. The van der Waals surface area contributed by atoms with Crippen molar-refractivity contribution in [3.05, 3.63) is 29.8 Å². The molecule has 0 bridgehead atoms. The molecule has 0 aromatic heterocycles. The van der Waals surface area contributed by atoms with Crippen molar-refractivity contribution in [3.63, 3.8) is 0 Å². The van der Waals surface area contributed by atoms with E-state index < -0.39 is 6.04 Å². The molecule has 2 amide bonds. The third-order valence-electron chi connectivity index (χ3n) is 3.95. The standard InChI is InChI=1S/C16H22N4O2.ClH/c1-3-10(2)15(17)16(22)18-12-6-4-11(5-7-12)13-8-9-14(21)20-19-13;/h4-7,10,15H,3,8-9,17H2,1-2H3,(H,18,22)(H,20,21);1H. The molecule has 7 heteroatoms. The Kier molecular flexibility index (Phi) is 7.19. The highest BCUT2D eigenvalue weighted by Crippen LogP contribution is 2.15. The SMILES string of the molecule is CCC(C)C(N)C(=O)Nc1ccc(C2=NNC(=O)CC2)cc1.Cl. The van der Waals surface area contributed by atoms with Gasteiger partial charge in [0.2, 0.25) is 11.8 Å². The number of nitrogens with one attached hydrogen (secondary N) is 2. The summed E-state index contributed by atoms with van der Waals surface area (Å²) >= 11 is 0. The van der Waals surface area contributed by atoms with Gasteiger partial charge in [-0.05, 0) is 23.6 Å². The van der Waals surface area contributed by atoms with Crippen LogP contribution in [0.25, 0.3) is 0 Å². The summed E-state index contributed by atoms with van der Waals surface area (Å²) in [6, 6.07) is 6.87. The van der Waals surface area contributed by atoms with Crippen molar-refractivity contribution in [1.82, 2.24) is 5.43 Å². The number of nitrogens with zero attached hydrogens (tertiary/aromatic N) is 1. The summed E-state index contributed by atoms with van der Waals surface area (Å²) in [5.74, 6) is -0.101. The van der Waals surface area contributed by atoms with Crippen molar-refractivity contribution in [2.75, 3.05) is 5.32 Å². The van der Waals surface area contributed by atoms with Crippen LogP contribution in [0.3, 0.4) is 0 Å². The summed E-state index contributed by atoms with van der Waals surface area (Å²) in [5.41, 5.74) is 10.9. The summed E-state index contributed by atoms with van der Waals surface area (Å²) in [7, 11) is 0. The zero-order chi connectivity index (χ0) is 16.1. The predicted octanol–water partition coefficient (Wildman–Crippen LogP) is 2.03. The number of carbonyl (C=O) groups is 2. The lowest BCUT2D eigenvalue weighted by Gasteiger charge is -2.18. The molecule has 0 fully saturated rings. The van der Waals surface area contributed by atoms with Crippen molar-refractivity contribution < 1.29 is 9.59 Å². The number of anilines is 1. The molecule has 23 heavy (non-hydrogen) atoms. The predicted molar refractivity (Wildman–Crippen MR) is 93.7 cm³/mol. The van der Waals surface area contributed by atoms with Crippen LogP contribution in [0.5, 0.6) is 0 Å². The van der Waals surface area contributed by atoms with Gasteiger partial charge in [0.25, 0.3) is 0 Å². The van der Waals surface area contributed by atoms with Gasteiger partial charge in [-0.1, -0.05) is 32.4 Å². The van der Waals surface area contributed by atoms with Crippen LogP contribution < -0.4 is 16.5 Å². The number of amides is 2. The minimum Gasteiger partial charge on any atom is -0.325 e. The van der Waals surface area contributed by atoms with Crippen LogP contribution in [0.1, 0.15) is 38.7 Å². The molecule has 1 heterocycles. The maximum Gasteiger partial charge on any atom is 0.241 e. The zero-order valence-corrected chi connectivity index (χ0v) is 14.2. The highest BCUT2D eigenvalue weighted by atomic mass is 35.5. The van der Waals surface area contributed by atoms with Gasteiger partial charge < -0.3 is 11.1 Å². The molecule has 0 radical (unpaired) electrons. The molecular weight excluding hydrogens is 316 g/mol. The van der Waals surface area contributed by atoms with Gasteiger partial charge in [-0.25, -0.2) is 5.43 Å². The quantitative estimate of drug-likeness (QED) is 0.766. The summed E-state index contributed by atoms with van der Waals surface area (Å²) in [4.78, 5) is 23.1. The molecule has 0 saturated carbocycles. The second-order valence-corrected chi connectivity index (χ2v) is 5.57. The number of nitrogens with two attached hydrogens (primary N) is 1. The molecule has 1 aromatic rings. The molecule has 2 unspecified atom stereocenters.